The van der Waals surface area contributed by atoms with Gasteiger partial charge in [0.1, 0.15) is 5.75 Å². The van der Waals surface area contributed by atoms with Crippen molar-refractivity contribution in [2.75, 3.05) is 5.32 Å². The number of hydrogen-bond acceptors (Lipinski definition) is 5. The van der Waals surface area contributed by atoms with Crippen molar-refractivity contribution in [3.05, 3.63) is 107 Å². The fraction of sp³-hybridized carbons (Fsp3) is 0.0370. The van der Waals surface area contributed by atoms with E-state index in [1.54, 1.807) is 42.5 Å². The molecule has 0 heterocycles. The number of carbonyl (C=O) groups excluding carboxylic acids is 3. The summed E-state index contributed by atoms with van der Waals surface area (Å²) in [7, 11) is 0. The number of nitrogens with zero attached hydrogens (tertiary/aromatic N) is 1. The number of halogens is 1. The van der Waals surface area contributed by atoms with Crippen LogP contribution in [0.5, 0.6) is 5.75 Å². The van der Waals surface area contributed by atoms with Gasteiger partial charge in [-0.1, -0.05) is 71.8 Å². The third-order valence-electron chi connectivity index (χ3n) is 5.11. The van der Waals surface area contributed by atoms with Crippen LogP contribution in [-0.2, 0) is 9.59 Å². The Morgan fingerprint density at radius 1 is 0.857 bits per heavy atom. The van der Waals surface area contributed by atoms with Crippen molar-refractivity contribution >= 4 is 52.1 Å². The zero-order valence-corrected chi connectivity index (χ0v) is 19.4. The Morgan fingerprint density at radius 3 is 2.34 bits per heavy atom. The van der Waals surface area contributed by atoms with Gasteiger partial charge in [0, 0.05) is 5.56 Å². The number of aryl methyl sites for hydroxylation is 1. The SMILES string of the molecule is Cc1ccc(C(=O)Oc2ccc3ccccc3c2/C=N\NC(=O)C(=O)Nc2ccccc2Cl)cc1. The number of benzene rings is 4. The van der Waals surface area contributed by atoms with E-state index < -0.39 is 17.8 Å². The number of hydrazone groups is 1. The molecule has 174 valence electrons. The van der Waals surface area contributed by atoms with E-state index in [9.17, 15) is 14.4 Å². The van der Waals surface area contributed by atoms with Gasteiger partial charge in [-0.15, -0.1) is 0 Å². The lowest BCUT2D eigenvalue weighted by Crippen LogP contribution is -2.32. The fourth-order valence-electron chi connectivity index (χ4n) is 3.29. The summed E-state index contributed by atoms with van der Waals surface area (Å²) in [6.45, 7) is 1.93. The van der Waals surface area contributed by atoms with Gasteiger partial charge in [-0.3, -0.25) is 9.59 Å². The Labute approximate surface area is 206 Å². The minimum atomic E-state index is -0.986. The molecular formula is C27H20ClN3O4. The minimum absolute atomic E-state index is 0.257. The molecule has 35 heavy (non-hydrogen) atoms. The first-order valence-corrected chi connectivity index (χ1v) is 11.0. The molecule has 0 aliphatic carbocycles. The molecular weight excluding hydrogens is 466 g/mol. The molecule has 0 saturated heterocycles. The lowest BCUT2D eigenvalue weighted by atomic mass is 10.0. The smallest absolute Gasteiger partial charge is 0.343 e. The molecule has 4 rings (SSSR count). The zero-order chi connectivity index (χ0) is 24.8. The van der Waals surface area contributed by atoms with Crippen LogP contribution in [0.4, 0.5) is 5.69 Å². The van der Waals surface area contributed by atoms with Crippen molar-refractivity contribution in [3.63, 3.8) is 0 Å². The Morgan fingerprint density at radius 2 is 1.57 bits per heavy atom. The molecule has 2 amide bonds. The number of ether oxygens (including phenoxy) is 1. The number of anilines is 1. The highest BCUT2D eigenvalue weighted by Crippen LogP contribution is 2.27. The summed E-state index contributed by atoms with van der Waals surface area (Å²) in [6.07, 6.45) is 1.33. The van der Waals surface area contributed by atoms with Gasteiger partial charge < -0.3 is 10.1 Å². The fourth-order valence-corrected chi connectivity index (χ4v) is 3.48. The van der Waals surface area contributed by atoms with E-state index in [2.05, 4.69) is 15.8 Å². The van der Waals surface area contributed by atoms with E-state index in [-0.39, 0.29) is 5.75 Å². The van der Waals surface area contributed by atoms with Crippen LogP contribution in [0.25, 0.3) is 10.8 Å². The average Bonchev–Trinajstić information content (AvgIpc) is 2.86. The van der Waals surface area contributed by atoms with Gasteiger partial charge in [0.2, 0.25) is 0 Å². The number of amides is 2. The number of carbonyl (C=O) groups is 3. The first kappa shape index (κ1) is 23.7. The van der Waals surface area contributed by atoms with Crippen molar-refractivity contribution in [2.45, 2.75) is 6.92 Å². The maximum Gasteiger partial charge on any atom is 0.343 e. The van der Waals surface area contributed by atoms with Gasteiger partial charge in [-0.05, 0) is 48.0 Å². The van der Waals surface area contributed by atoms with Crippen LogP contribution in [0, 0.1) is 6.92 Å². The molecule has 0 aliphatic rings. The molecule has 0 unspecified atom stereocenters. The number of para-hydroxylation sites is 1. The predicted octanol–water partition coefficient (Wildman–Crippen LogP) is 5.11. The predicted molar refractivity (Wildman–Crippen MR) is 136 cm³/mol. The van der Waals surface area contributed by atoms with E-state index in [1.807, 2.05) is 49.4 Å². The number of nitrogens with one attached hydrogen (secondary N) is 2. The molecule has 8 heteroatoms. The Hall–Kier alpha value is -4.49. The summed E-state index contributed by atoms with van der Waals surface area (Å²) in [5.74, 6) is -2.19. The Balaban J connectivity index is 1.54. The van der Waals surface area contributed by atoms with Gasteiger partial charge in [-0.25, -0.2) is 10.2 Å². The lowest BCUT2D eigenvalue weighted by molar-refractivity contribution is -0.136. The number of hydrogen-bond donors (Lipinski definition) is 2. The quantitative estimate of drug-likeness (QED) is 0.135. The van der Waals surface area contributed by atoms with Crippen LogP contribution in [0.15, 0.2) is 90.0 Å². The standard InChI is InChI=1S/C27H20ClN3O4/c1-17-10-12-19(13-11-17)27(34)35-24-15-14-18-6-2-3-7-20(18)21(24)16-29-31-26(33)25(32)30-23-9-5-4-8-22(23)28/h2-16H,1H3,(H,30,32)(H,31,33)/b29-16-. The topological polar surface area (TPSA) is 96.9 Å². The molecule has 4 aromatic carbocycles. The van der Waals surface area contributed by atoms with Crippen molar-refractivity contribution in [1.29, 1.82) is 0 Å². The van der Waals surface area contributed by atoms with E-state index in [4.69, 9.17) is 16.3 Å². The molecule has 4 aromatic rings. The molecule has 0 saturated carbocycles. The van der Waals surface area contributed by atoms with E-state index in [1.165, 1.54) is 6.21 Å². The highest BCUT2D eigenvalue weighted by atomic mass is 35.5. The number of esters is 1. The summed E-state index contributed by atoms with van der Waals surface area (Å²) in [6, 6.07) is 24.5. The monoisotopic (exact) mass is 485 g/mol. The van der Waals surface area contributed by atoms with Crippen molar-refractivity contribution in [3.8, 4) is 5.75 Å². The molecule has 0 bridgehead atoms. The molecule has 7 nitrogen and oxygen atoms in total. The van der Waals surface area contributed by atoms with Crippen molar-refractivity contribution in [1.82, 2.24) is 5.43 Å². The first-order valence-electron chi connectivity index (χ1n) is 10.6. The maximum atomic E-state index is 12.7. The van der Waals surface area contributed by atoms with Crippen LogP contribution in [-0.4, -0.2) is 24.0 Å². The zero-order valence-electron chi connectivity index (χ0n) is 18.6. The van der Waals surface area contributed by atoms with Gasteiger partial charge in [-0.2, -0.15) is 5.10 Å². The molecule has 0 spiro atoms. The van der Waals surface area contributed by atoms with Crippen LogP contribution >= 0.6 is 11.6 Å². The molecule has 0 aliphatic heterocycles. The minimum Gasteiger partial charge on any atom is -0.422 e. The third-order valence-corrected chi connectivity index (χ3v) is 5.44. The summed E-state index contributed by atoms with van der Waals surface area (Å²) < 4.78 is 5.64. The van der Waals surface area contributed by atoms with E-state index in [0.717, 1.165) is 16.3 Å². The molecule has 0 radical (unpaired) electrons. The highest BCUT2D eigenvalue weighted by Gasteiger charge is 2.16. The second-order valence-corrected chi connectivity index (χ2v) is 7.99. The molecule has 0 fully saturated rings. The first-order chi connectivity index (χ1) is 16.9. The van der Waals surface area contributed by atoms with Crippen molar-refractivity contribution < 1.29 is 19.1 Å². The lowest BCUT2D eigenvalue weighted by Gasteiger charge is -2.11. The Bertz CT molecular complexity index is 1450. The van der Waals surface area contributed by atoms with E-state index >= 15 is 0 Å². The van der Waals surface area contributed by atoms with Gasteiger partial charge in [0.05, 0.1) is 22.5 Å². The maximum absolute atomic E-state index is 12.7. The van der Waals surface area contributed by atoms with Crippen LogP contribution in [0.1, 0.15) is 21.5 Å². The van der Waals surface area contributed by atoms with Crippen LogP contribution in [0.3, 0.4) is 0 Å². The largest absolute Gasteiger partial charge is 0.422 e. The second kappa shape index (κ2) is 10.6. The summed E-state index contributed by atoms with van der Waals surface area (Å²) in [5, 5.41) is 8.27. The molecule has 0 atom stereocenters. The average molecular weight is 486 g/mol. The molecule has 2 N–H and O–H groups in total. The van der Waals surface area contributed by atoms with Crippen LogP contribution in [0.2, 0.25) is 5.02 Å². The number of rotatable bonds is 5. The molecule has 0 aromatic heterocycles. The summed E-state index contributed by atoms with van der Waals surface area (Å²) in [5.41, 5.74) is 4.38. The highest BCUT2D eigenvalue weighted by molar-refractivity contribution is 6.41. The third kappa shape index (κ3) is 5.72. The van der Waals surface area contributed by atoms with Gasteiger partial charge >= 0.3 is 17.8 Å². The normalized spacial score (nSPS) is 10.8. The summed E-state index contributed by atoms with van der Waals surface area (Å²) in [4.78, 5) is 37.1. The number of fused-ring (bicyclic) bond motifs is 1. The van der Waals surface area contributed by atoms with Crippen molar-refractivity contribution in [2.24, 2.45) is 5.10 Å². The van der Waals surface area contributed by atoms with E-state index in [0.29, 0.717) is 21.8 Å². The van der Waals surface area contributed by atoms with Crippen LogP contribution < -0.4 is 15.5 Å². The second-order valence-electron chi connectivity index (χ2n) is 7.59. The van der Waals surface area contributed by atoms with Gasteiger partial charge in [0.15, 0.2) is 0 Å². The van der Waals surface area contributed by atoms with Gasteiger partial charge in [0.25, 0.3) is 0 Å². The Kier molecular flexibility index (Phi) is 7.18. The summed E-state index contributed by atoms with van der Waals surface area (Å²) >= 11 is 6.01.